The molecule has 0 fully saturated rings. The van der Waals surface area contributed by atoms with Gasteiger partial charge in [0, 0.05) is 24.3 Å². The highest BCUT2D eigenvalue weighted by atomic mass is 32.1. The highest BCUT2D eigenvalue weighted by Gasteiger charge is 2.29. The van der Waals surface area contributed by atoms with Crippen LogP contribution in [0.25, 0.3) is 11.1 Å². The molecule has 182 valence electrons. The fourth-order valence-electron chi connectivity index (χ4n) is 4.01. The molecule has 35 heavy (non-hydrogen) atoms. The van der Waals surface area contributed by atoms with Crippen LogP contribution in [0.1, 0.15) is 34.2 Å². The van der Waals surface area contributed by atoms with Gasteiger partial charge in [0.25, 0.3) is 0 Å². The molecule has 2 amide bonds. The van der Waals surface area contributed by atoms with E-state index in [0.717, 1.165) is 22.3 Å². The summed E-state index contributed by atoms with van der Waals surface area (Å²) in [7, 11) is 0. The molecule has 0 unspecified atom stereocenters. The zero-order valence-corrected chi connectivity index (χ0v) is 19.6. The van der Waals surface area contributed by atoms with E-state index in [0.29, 0.717) is 10.7 Å². The van der Waals surface area contributed by atoms with E-state index in [2.05, 4.69) is 39.9 Å². The minimum Gasteiger partial charge on any atom is -0.479 e. The first-order chi connectivity index (χ1) is 16.9. The van der Waals surface area contributed by atoms with Crippen LogP contribution in [0.3, 0.4) is 0 Å². The highest BCUT2D eigenvalue weighted by Crippen LogP contribution is 2.44. The number of rotatable bonds is 10. The van der Waals surface area contributed by atoms with Crippen LogP contribution in [0.2, 0.25) is 0 Å². The van der Waals surface area contributed by atoms with Crippen LogP contribution in [0.15, 0.2) is 53.9 Å². The number of nitrogens with one attached hydrogen (secondary N) is 2. The Morgan fingerprint density at radius 3 is 2.34 bits per heavy atom. The molecule has 1 atom stereocenters. The van der Waals surface area contributed by atoms with Crippen LogP contribution in [-0.4, -0.2) is 52.4 Å². The number of amides is 2. The average molecular weight is 496 g/mol. The second-order valence-electron chi connectivity index (χ2n) is 8.08. The minimum absolute atomic E-state index is 0.0185. The molecular formula is C25H25N3O6S. The van der Waals surface area contributed by atoms with Crippen molar-refractivity contribution in [2.24, 2.45) is 0 Å². The molecule has 0 spiro atoms. The number of carboxylic acid groups (broad SMARTS) is 1. The first-order valence-electron chi connectivity index (χ1n) is 11.1. The average Bonchev–Trinajstić information content (AvgIpc) is 3.43. The second kappa shape index (κ2) is 11.1. The van der Waals surface area contributed by atoms with E-state index in [9.17, 15) is 19.5 Å². The quantitative estimate of drug-likeness (QED) is 0.339. The normalized spacial score (nSPS) is 12.9. The van der Waals surface area contributed by atoms with E-state index in [4.69, 9.17) is 9.84 Å². The Labute approximate surface area is 205 Å². The Hall–Kier alpha value is -3.76. The summed E-state index contributed by atoms with van der Waals surface area (Å²) in [6, 6.07) is 16.2. The monoisotopic (exact) mass is 495 g/mol. The maximum absolute atomic E-state index is 12.3. The number of carboxylic acids is 1. The van der Waals surface area contributed by atoms with Gasteiger partial charge in [-0.1, -0.05) is 48.5 Å². The van der Waals surface area contributed by atoms with Gasteiger partial charge in [-0.3, -0.25) is 4.79 Å². The van der Waals surface area contributed by atoms with Crippen molar-refractivity contribution >= 4 is 29.3 Å². The van der Waals surface area contributed by atoms with Crippen molar-refractivity contribution in [1.82, 2.24) is 15.6 Å². The van der Waals surface area contributed by atoms with Crippen molar-refractivity contribution < 1.29 is 29.3 Å². The predicted molar refractivity (Wildman–Crippen MR) is 129 cm³/mol. The molecule has 0 bridgehead atoms. The van der Waals surface area contributed by atoms with Gasteiger partial charge in [0.05, 0.1) is 18.7 Å². The van der Waals surface area contributed by atoms with Crippen molar-refractivity contribution in [3.8, 4) is 11.1 Å². The van der Waals surface area contributed by atoms with Gasteiger partial charge in [0.15, 0.2) is 6.10 Å². The topological polar surface area (TPSA) is 138 Å². The van der Waals surface area contributed by atoms with E-state index in [1.54, 1.807) is 5.38 Å². The lowest BCUT2D eigenvalue weighted by molar-refractivity contribution is -0.147. The third-order valence-corrected chi connectivity index (χ3v) is 6.59. The van der Waals surface area contributed by atoms with E-state index >= 15 is 0 Å². The Bertz CT molecular complexity index is 1180. The summed E-state index contributed by atoms with van der Waals surface area (Å²) in [6.07, 6.45) is -2.11. The maximum atomic E-state index is 12.3. The first kappa shape index (κ1) is 24.4. The van der Waals surface area contributed by atoms with Gasteiger partial charge < -0.3 is 25.6 Å². The number of hydrogen-bond donors (Lipinski definition) is 4. The van der Waals surface area contributed by atoms with Crippen molar-refractivity contribution in [3.05, 3.63) is 75.7 Å². The smallest absolute Gasteiger partial charge is 0.407 e. The molecule has 1 aliphatic carbocycles. The summed E-state index contributed by atoms with van der Waals surface area (Å²) in [6.45, 7) is 0.445. The lowest BCUT2D eigenvalue weighted by Crippen LogP contribution is -2.31. The number of aliphatic carboxylic acids is 1. The number of aliphatic hydroxyl groups is 1. The number of fused-ring (bicyclic) bond motifs is 3. The molecule has 0 saturated heterocycles. The molecule has 2 aromatic carbocycles. The third-order valence-electron chi connectivity index (χ3n) is 5.69. The largest absolute Gasteiger partial charge is 0.479 e. The second-order valence-corrected chi connectivity index (χ2v) is 9.02. The molecule has 0 aliphatic heterocycles. The van der Waals surface area contributed by atoms with Crippen molar-refractivity contribution in [3.63, 3.8) is 0 Å². The number of ether oxygens (including phenoxy) is 1. The number of aliphatic hydroxyl groups excluding tert-OH is 1. The molecule has 10 heteroatoms. The fourth-order valence-corrected chi connectivity index (χ4v) is 4.74. The highest BCUT2D eigenvalue weighted by molar-refractivity contribution is 7.09. The predicted octanol–water partition coefficient (Wildman–Crippen LogP) is 2.68. The SMILES string of the molecule is O=C(Cc1csc(CNC(=O)OCC2c3ccccc3-c3ccccc32)n1)NCC[C@H](O)C(=O)O. The van der Waals surface area contributed by atoms with E-state index in [-0.39, 0.29) is 44.4 Å². The number of hydrogen-bond acceptors (Lipinski definition) is 7. The number of nitrogens with zero attached hydrogens (tertiary/aromatic N) is 1. The van der Waals surface area contributed by atoms with E-state index < -0.39 is 18.2 Å². The summed E-state index contributed by atoms with van der Waals surface area (Å²) in [5.41, 5.74) is 5.14. The number of aromatic nitrogens is 1. The van der Waals surface area contributed by atoms with Crippen LogP contribution >= 0.6 is 11.3 Å². The summed E-state index contributed by atoms with van der Waals surface area (Å²) in [5.74, 6) is -1.68. The van der Waals surface area contributed by atoms with Gasteiger partial charge in [0.2, 0.25) is 5.91 Å². The maximum Gasteiger partial charge on any atom is 0.407 e. The lowest BCUT2D eigenvalue weighted by atomic mass is 9.98. The Morgan fingerprint density at radius 2 is 1.69 bits per heavy atom. The van der Waals surface area contributed by atoms with Crippen LogP contribution in [0.5, 0.6) is 0 Å². The summed E-state index contributed by atoms with van der Waals surface area (Å²) >= 11 is 1.31. The molecule has 0 saturated carbocycles. The van der Waals surface area contributed by atoms with Gasteiger partial charge in [-0.25, -0.2) is 14.6 Å². The summed E-state index contributed by atoms with van der Waals surface area (Å²) in [5, 5.41) is 25.4. The van der Waals surface area contributed by atoms with Crippen LogP contribution in [0.4, 0.5) is 4.79 Å². The van der Waals surface area contributed by atoms with Crippen LogP contribution in [0, 0.1) is 0 Å². The van der Waals surface area contributed by atoms with Crippen LogP contribution < -0.4 is 10.6 Å². The van der Waals surface area contributed by atoms with Gasteiger partial charge in [-0.05, 0) is 22.3 Å². The van der Waals surface area contributed by atoms with Crippen molar-refractivity contribution in [2.45, 2.75) is 31.4 Å². The van der Waals surface area contributed by atoms with E-state index in [1.165, 1.54) is 11.3 Å². The molecule has 4 rings (SSSR count). The molecule has 4 N–H and O–H groups in total. The Balaban J connectivity index is 1.22. The third kappa shape index (κ3) is 6.03. The lowest BCUT2D eigenvalue weighted by Gasteiger charge is -2.14. The molecule has 1 aliphatic rings. The van der Waals surface area contributed by atoms with Gasteiger partial charge in [-0.2, -0.15) is 0 Å². The first-order valence-corrected chi connectivity index (χ1v) is 12.0. The molecule has 3 aromatic rings. The molecule has 9 nitrogen and oxygen atoms in total. The molecule has 0 radical (unpaired) electrons. The zero-order valence-electron chi connectivity index (χ0n) is 18.8. The molecular weight excluding hydrogens is 470 g/mol. The van der Waals surface area contributed by atoms with Crippen molar-refractivity contribution in [1.29, 1.82) is 0 Å². The number of carbonyl (C=O) groups excluding carboxylic acids is 2. The van der Waals surface area contributed by atoms with Crippen LogP contribution in [-0.2, 0) is 27.3 Å². The number of alkyl carbamates (subject to hydrolysis) is 1. The number of carbonyl (C=O) groups is 3. The van der Waals surface area contributed by atoms with E-state index in [1.807, 2.05) is 24.3 Å². The number of benzene rings is 2. The standard InChI is InChI=1S/C25H25N3O6S/c29-21(24(31)32)9-10-26-22(30)11-15-14-35-23(28-15)12-27-25(33)34-13-20-18-7-3-1-5-16(18)17-6-2-4-8-19(17)20/h1-8,14,20-21,29H,9-13H2,(H,26,30)(H,27,33)(H,31,32)/t21-/m0/s1. The molecule has 1 heterocycles. The van der Waals surface area contributed by atoms with Crippen molar-refractivity contribution in [2.75, 3.05) is 13.2 Å². The summed E-state index contributed by atoms with van der Waals surface area (Å²) in [4.78, 5) is 39.2. The van der Waals surface area contributed by atoms with Gasteiger partial charge >= 0.3 is 12.1 Å². The minimum atomic E-state index is -1.51. The van der Waals surface area contributed by atoms with Gasteiger partial charge in [-0.15, -0.1) is 11.3 Å². The summed E-state index contributed by atoms with van der Waals surface area (Å²) < 4.78 is 5.51. The molecule has 1 aromatic heterocycles. The fraction of sp³-hybridized carbons (Fsp3) is 0.280. The zero-order chi connectivity index (χ0) is 24.8. The Morgan fingerprint density at radius 1 is 1.03 bits per heavy atom. The Kier molecular flexibility index (Phi) is 7.74. The van der Waals surface area contributed by atoms with Gasteiger partial charge in [0.1, 0.15) is 11.6 Å². The number of thiazole rings is 1.